The van der Waals surface area contributed by atoms with Gasteiger partial charge in [0.05, 0.1) is 11.8 Å². The average Bonchev–Trinajstić information content (AvgIpc) is 2.93. The van der Waals surface area contributed by atoms with Gasteiger partial charge in [-0.15, -0.1) is 0 Å². The molecule has 5 heteroatoms. The highest BCUT2D eigenvalue weighted by atomic mass is 32.2. The molecule has 0 saturated heterocycles. The van der Waals surface area contributed by atoms with Crippen LogP contribution in [0.15, 0.2) is 53.9 Å². The predicted octanol–water partition coefficient (Wildman–Crippen LogP) is 4.56. The fourth-order valence-corrected chi connectivity index (χ4v) is 4.79. The zero-order valence-electron chi connectivity index (χ0n) is 17.1. The fourth-order valence-electron chi connectivity index (χ4n) is 3.52. The van der Waals surface area contributed by atoms with Crippen molar-refractivity contribution < 1.29 is 13.2 Å². The summed E-state index contributed by atoms with van der Waals surface area (Å²) in [5, 5.41) is 1.21. The third-order valence-corrected chi connectivity index (χ3v) is 6.32. The zero-order valence-corrected chi connectivity index (χ0v) is 17.9. The van der Waals surface area contributed by atoms with Crippen LogP contribution in [-0.2, 0) is 15.3 Å². The minimum atomic E-state index is -3.28. The van der Waals surface area contributed by atoms with Crippen molar-refractivity contribution in [1.82, 2.24) is 0 Å². The minimum absolute atomic E-state index is 0.00279. The van der Waals surface area contributed by atoms with E-state index in [1.807, 2.05) is 56.3 Å². The molecule has 2 aromatic rings. The fraction of sp³-hybridized carbons (Fsp3) is 0.348. The van der Waals surface area contributed by atoms with Crippen LogP contribution in [0, 0.1) is 13.8 Å². The van der Waals surface area contributed by atoms with E-state index in [4.69, 9.17) is 0 Å². The summed E-state index contributed by atoms with van der Waals surface area (Å²) in [6.45, 7) is 10.3. The van der Waals surface area contributed by atoms with Gasteiger partial charge in [0.1, 0.15) is 0 Å². The Morgan fingerprint density at radius 3 is 2.04 bits per heavy atom. The number of anilines is 1. The van der Waals surface area contributed by atoms with Gasteiger partial charge in [-0.05, 0) is 66.3 Å². The molecule has 0 spiro atoms. The molecule has 2 aromatic carbocycles. The number of rotatable bonds is 3. The lowest BCUT2D eigenvalue weighted by Gasteiger charge is -2.29. The number of sulfone groups is 1. The van der Waals surface area contributed by atoms with Crippen LogP contribution in [-0.4, -0.2) is 26.1 Å². The highest BCUT2D eigenvalue weighted by molar-refractivity contribution is 7.94. The summed E-state index contributed by atoms with van der Waals surface area (Å²) in [5.41, 5.74) is 4.46. The Balaban J connectivity index is 2.03. The minimum Gasteiger partial charge on any atom is -0.300 e. The third kappa shape index (κ3) is 4.36. The Bertz CT molecular complexity index is 1010. The van der Waals surface area contributed by atoms with Gasteiger partial charge in [-0.2, -0.15) is 0 Å². The maximum absolute atomic E-state index is 13.4. The summed E-state index contributed by atoms with van der Waals surface area (Å²) in [7, 11) is -3.28. The van der Waals surface area contributed by atoms with Gasteiger partial charge in [0.2, 0.25) is 0 Å². The van der Waals surface area contributed by atoms with Crippen LogP contribution in [0.25, 0.3) is 0 Å². The van der Waals surface area contributed by atoms with Gasteiger partial charge in [0.15, 0.2) is 9.84 Å². The summed E-state index contributed by atoms with van der Waals surface area (Å²) in [4.78, 5) is 15.0. The van der Waals surface area contributed by atoms with E-state index in [1.165, 1.54) is 5.41 Å². The average molecular weight is 398 g/mol. The number of aryl methyl sites for hydroxylation is 2. The molecule has 148 valence electrons. The van der Waals surface area contributed by atoms with E-state index in [1.54, 1.807) is 11.0 Å². The number of hydrogen-bond acceptors (Lipinski definition) is 3. The maximum Gasteiger partial charge on any atom is 0.258 e. The number of carbonyl (C=O) groups is 1. The van der Waals surface area contributed by atoms with Crippen molar-refractivity contribution in [2.75, 3.05) is 10.7 Å². The van der Waals surface area contributed by atoms with E-state index in [-0.39, 0.29) is 17.1 Å². The molecule has 0 N–H and O–H groups in total. The predicted molar refractivity (Wildman–Crippen MR) is 115 cm³/mol. The first-order valence-electron chi connectivity index (χ1n) is 9.40. The second kappa shape index (κ2) is 7.21. The molecule has 0 bridgehead atoms. The third-order valence-electron chi connectivity index (χ3n) is 4.94. The number of carbonyl (C=O) groups excluding carboxylic acids is 1. The summed E-state index contributed by atoms with van der Waals surface area (Å²) in [6.07, 6.45) is 1.61. The van der Waals surface area contributed by atoms with Crippen LogP contribution in [0.5, 0.6) is 0 Å². The van der Waals surface area contributed by atoms with E-state index in [9.17, 15) is 13.2 Å². The van der Waals surface area contributed by atoms with Crippen LogP contribution < -0.4 is 4.90 Å². The van der Waals surface area contributed by atoms with Crippen LogP contribution in [0.2, 0.25) is 0 Å². The van der Waals surface area contributed by atoms with Gasteiger partial charge in [-0.3, -0.25) is 4.79 Å². The molecule has 1 heterocycles. The summed E-state index contributed by atoms with van der Waals surface area (Å²) < 4.78 is 24.0. The number of nitrogens with zero attached hydrogens (tertiary/aromatic N) is 1. The normalized spacial score (nSPS) is 18.2. The second-order valence-corrected chi connectivity index (χ2v) is 10.5. The monoisotopic (exact) mass is 397 g/mol. The van der Waals surface area contributed by atoms with E-state index in [0.29, 0.717) is 11.3 Å². The van der Waals surface area contributed by atoms with Crippen LogP contribution in [0.4, 0.5) is 5.69 Å². The first kappa shape index (κ1) is 20.3. The van der Waals surface area contributed by atoms with Gasteiger partial charge in [-0.1, -0.05) is 39.0 Å². The van der Waals surface area contributed by atoms with Crippen molar-refractivity contribution in [3.63, 3.8) is 0 Å². The summed E-state index contributed by atoms with van der Waals surface area (Å²) in [6, 6.07) is 13.0. The van der Waals surface area contributed by atoms with Crippen molar-refractivity contribution in [2.24, 2.45) is 0 Å². The van der Waals surface area contributed by atoms with Crippen molar-refractivity contribution in [2.45, 2.75) is 46.1 Å². The van der Waals surface area contributed by atoms with Crippen molar-refractivity contribution in [3.8, 4) is 0 Å². The molecule has 4 nitrogen and oxygen atoms in total. The van der Waals surface area contributed by atoms with E-state index >= 15 is 0 Å². The Morgan fingerprint density at radius 2 is 1.57 bits per heavy atom. The smallest absolute Gasteiger partial charge is 0.258 e. The molecule has 0 radical (unpaired) electrons. The van der Waals surface area contributed by atoms with Crippen molar-refractivity contribution in [3.05, 3.63) is 76.2 Å². The van der Waals surface area contributed by atoms with Crippen molar-refractivity contribution >= 4 is 21.4 Å². The molecule has 1 atom stereocenters. The molecule has 0 aromatic heterocycles. The Morgan fingerprint density at radius 1 is 1.00 bits per heavy atom. The first-order chi connectivity index (χ1) is 13.0. The molecule has 1 aliphatic rings. The molecular weight excluding hydrogens is 370 g/mol. The van der Waals surface area contributed by atoms with Gasteiger partial charge in [-0.25, -0.2) is 8.42 Å². The van der Waals surface area contributed by atoms with Crippen molar-refractivity contribution in [1.29, 1.82) is 0 Å². The molecule has 0 saturated carbocycles. The molecule has 1 amide bonds. The Hall–Kier alpha value is -2.40. The number of amides is 1. The van der Waals surface area contributed by atoms with Gasteiger partial charge < -0.3 is 4.90 Å². The van der Waals surface area contributed by atoms with E-state index in [2.05, 4.69) is 20.8 Å². The zero-order chi connectivity index (χ0) is 20.7. The van der Waals surface area contributed by atoms with Gasteiger partial charge in [0, 0.05) is 16.7 Å². The quantitative estimate of drug-likeness (QED) is 0.763. The lowest BCUT2D eigenvalue weighted by atomic mass is 9.86. The van der Waals surface area contributed by atoms with E-state index < -0.39 is 15.9 Å². The lowest BCUT2D eigenvalue weighted by Crippen LogP contribution is -2.41. The molecule has 1 aliphatic heterocycles. The molecule has 28 heavy (non-hydrogen) atoms. The largest absolute Gasteiger partial charge is 0.300 e. The summed E-state index contributed by atoms with van der Waals surface area (Å²) in [5.74, 6) is -0.288. The van der Waals surface area contributed by atoms with Crippen LogP contribution in [0.3, 0.4) is 0 Å². The highest BCUT2D eigenvalue weighted by Gasteiger charge is 2.32. The number of hydrogen-bond donors (Lipinski definition) is 0. The van der Waals surface area contributed by atoms with Gasteiger partial charge >= 0.3 is 0 Å². The standard InChI is InChI=1S/C23H27NO3S/c1-16-12-17(2)14-21(13-16)24(20-10-11-28(26,27)15-20)22(25)18-6-8-19(9-7-18)23(3,4)5/h6-14,20H,15H2,1-5H3. The number of benzene rings is 2. The highest BCUT2D eigenvalue weighted by Crippen LogP contribution is 2.28. The topological polar surface area (TPSA) is 54.5 Å². The Kier molecular flexibility index (Phi) is 5.24. The molecular formula is C23H27NO3S. The Labute approximate surface area is 167 Å². The second-order valence-electron chi connectivity index (χ2n) is 8.57. The lowest BCUT2D eigenvalue weighted by molar-refractivity contribution is 0.0983. The van der Waals surface area contributed by atoms with E-state index in [0.717, 1.165) is 16.7 Å². The van der Waals surface area contributed by atoms with Crippen LogP contribution >= 0.6 is 0 Å². The molecule has 0 fully saturated rings. The first-order valence-corrected chi connectivity index (χ1v) is 11.1. The van der Waals surface area contributed by atoms with Gasteiger partial charge in [0.25, 0.3) is 5.91 Å². The molecule has 0 aliphatic carbocycles. The summed E-state index contributed by atoms with van der Waals surface area (Å²) >= 11 is 0. The van der Waals surface area contributed by atoms with Crippen LogP contribution in [0.1, 0.15) is 47.8 Å². The molecule has 1 unspecified atom stereocenters. The maximum atomic E-state index is 13.4. The SMILES string of the molecule is Cc1cc(C)cc(N(C(=O)c2ccc(C(C)(C)C)cc2)C2C=CS(=O)(=O)C2)c1. The molecule has 3 rings (SSSR count).